The number of halogens is 6. The van der Waals surface area contributed by atoms with Crippen LogP contribution in [-0.4, -0.2) is 70.1 Å². The summed E-state index contributed by atoms with van der Waals surface area (Å²) in [5.41, 5.74) is -6.08. The summed E-state index contributed by atoms with van der Waals surface area (Å²) in [4.78, 5) is 10.2. The number of nitrogens with zero attached hydrogens (tertiary/aromatic N) is 2. The van der Waals surface area contributed by atoms with Gasteiger partial charge in [0.1, 0.15) is 0 Å². The Kier molecular flexibility index (Phi) is 10.9. The van der Waals surface area contributed by atoms with Crippen LogP contribution in [-0.2, 0) is 20.0 Å². The molecule has 1 aromatic rings. The molecular weight excluding hydrogens is 558 g/mol. The summed E-state index contributed by atoms with van der Waals surface area (Å²) >= 11 is 0. The summed E-state index contributed by atoms with van der Waals surface area (Å²) in [6.45, 7) is 2.49. The SMILES string of the molecule is CC(C)[C@@H](CN(C[C@@H](NS(=O)(=O)C(F)(F)F)C(C)C)CC(F)(F)F)NS(=O)(=O)c1ccc([N+](=O)[O-])cc1. The Morgan fingerprint density at radius 3 is 1.65 bits per heavy atom. The average molecular weight is 587 g/mol. The van der Waals surface area contributed by atoms with Crippen LogP contribution in [0, 0.1) is 22.0 Å². The highest BCUT2D eigenvalue weighted by Gasteiger charge is 2.47. The number of rotatable bonds is 13. The van der Waals surface area contributed by atoms with Crippen molar-refractivity contribution in [1.29, 1.82) is 0 Å². The minimum Gasteiger partial charge on any atom is -0.292 e. The van der Waals surface area contributed by atoms with E-state index < -0.39 is 90.8 Å². The van der Waals surface area contributed by atoms with Gasteiger partial charge in [-0.3, -0.25) is 15.0 Å². The highest BCUT2D eigenvalue weighted by atomic mass is 32.2. The fourth-order valence-corrected chi connectivity index (χ4v) is 5.32. The number of nitro benzene ring substituents is 1. The van der Waals surface area contributed by atoms with Gasteiger partial charge in [0.15, 0.2) is 0 Å². The minimum atomic E-state index is -5.87. The number of hydrogen-bond acceptors (Lipinski definition) is 7. The molecular formula is C19H28F6N4O6S2. The van der Waals surface area contributed by atoms with Crippen LogP contribution >= 0.6 is 0 Å². The lowest BCUT2D eigenvalue weighted by Crippen LogP contribution is -2.55. The molecule has 1 aromatic carbocycles. The average Bonchev–Trinajstić information content (AvgIpc) is 2.70. The van der Waals surface area contributed by atoms with Crippen LogP contribution in [0.4, 0.5) is 32.0 Å². The fraction of sp³-hybridized carbons (Fsp3) is 0.684. The van der Waals surface area contributed by atoms with E-state index in [1.54, 1.807) is 0 Å². The van der Waals surface area contributed by atoms with Crippen molar-refractivity contribution in [1.82, 2.24) is 14.3 Å². The number of hydrogen-bond donors (Lipinski definition) is 2. The monoisotopic (exact) mass is 586 g/mol. The van der Waals surface area contributed by atoms with Gasteiger partial charge in [-0.15, -0.1) is 0 Å². The zero-order valence-electron chi connectivity index (χ0n) is 20.2. The van der Waals surface area contributed by atoms with E-state index in [-0.39, 0.29) is 0 Å². The van der Waals surface area contributed by atoms with Crippen molar-refractivity contribution >= 4 is 25.7 Å². The molecule has 0 aliphatic carbocycles. The number of nitrogens with one attached hydrogen (secondary N) is 2. The summed E-state index contributed by atoms with van der Waals surface area (Å²) in [6, 6.07) is 0.935. The number of benzene rings is 1. The lowest BCUT2D eigenvalue weighted by atomic mass is 10.0. The molecule has 2 N–H and O–H groups in total. The second kappa shape index (κ2) is 12.2. The van der Waals surface area contributed by atoms with Crippen molar-refractivity contribution in [2.75, 3.05) is 19.6 Å². The molecule has 18 heteroatoms. The lowest BCUT2D eigenvalue weighted by Gasteiger charge is -2.34. The van der Waals surface area contributed by atoms with E-state index in [1.165, 1.54) is 32.4 Å². The molecule has 0 saturated heterocycles. The number of nitro groups is 1. The Hall–Kier alpha value is -2.02. The van der Waals surface area contributed by atoms with Gasteiger partial charge in [0, 0.05) is 37.3 Å². The van der Waals surface area contributed by atoms with Gasteiger partial charge in [-0.05, 0) is 24.0 Å². The molecule has 2 atom stereocenters. The zero-order valence-corrected chi connectivity index (χ0v) is 21.8. The van der Waals surface area contributed by atoms with Gasteiger partial charge in [0.05, 0.1) is 16.4 Å². The van der Waals surface area contributed by atoms with Gasteiger partial charge < -0.3 is 0 Å². The van der Waals surface area contributed by atoms with E-state index in [1.807, 2.05) is 0 Å². The largest absolute Gasteiger partial charge is 0.511 e. The maximum atomic E-state index is 13.3. The van der Waals surface area contributed by atoms with Crippen molar-refractivity contribution < 1.29 is 48.1 Å². The Balaban J connectivity index is 3.25. The Bertz CT molecular complexity index is 1120. The molecule has 0 unspecified atom stereocenters. The smallest absolute Gasteiger partial charge is 0.292 e. The molecule has 214 valence electrons. The normalized spacial score (nSPS) is 15.4. The first-order chi connectivity index (χ1) is 16.6. The van der Waals surface area contributed by atoms with Gasteiger partial charge in [-0.1, -0.05) is 27.7 Å². The van der Waals surface area contributed by atoms with Crippen molar-refractivity contribution in [3.8, 4) is 0 Å². The van der Waals surface area contributed by atoms with Gasteiger partial charge >= 0.3 is 21.7 Å². The van der Waals surface area contributed by atoms with Crippen LogP contribution in [0.2, 0.25) is 0 Å². The van der Waals surface area contributed by atoms with Crippen LogP contribution in [0.15, 0.2) is 29.2 Å². The highest BCUT2D eigenvalue weighted by Crippen LogP contribution is 2.25. The van der Waals surface area contributed by atoms with Gasteiger partial charge in [-0.2, -0.15) is 26.3 Å². The molecule has 0 spiro atoms. The predicted octanol–water partition coefficient (Wildman–Crippen LogP) is 3.23. The van der Waals surface area contributed by atoms with E-state index >= 15 is 0 Å². The maximum absolute atomic E-state index is 13.3. The molecule has 0 aliphatic rings. The Morgan fingerprint density at radius 1 is 0.865 bits per heavy atom. The molecule has 1 rings (SSSR count). The molecule has 0 amide bonds. The van der Waals surface area contributed by atoms with Crippen molar-refractivity contribution in [2.45, 2.75) is 56.4 Å². The first-order valence-electron chi connectivity index (χ1n) is 10.7. The van der Waals surface area contributed by atoms with Crippen molar-refractivity contribution in [3.05, 3.63) is 34.4 Å². The molecule has 0 aliphatic heterocycles. The Labute approximate surface area is 210 Å². The first kappa shape index (κ1) is 33.0. The molecule has 37 heavy (non-hydrogen) atoms. The molecule has 0 radical (unpaired) electrons. The zero-order chi connectivity index (χ0) is 29.0. The van der Waals surface area contributed by atoms with E-state index in [9.17, 15) is 53.3 Å². The van der Waals surface area contributed by atoms with Crippen LogP contribution < -0.4 is 9.44 Å². The predicted molar refractivity (Wildman–Crippen MR) is 121 cm³/mol. The third-order valence-corrected chi connectivity index (χ3v) is 7.93. The van der Waals surface area contributed by atoms with Crippen LogP contribution in [0.3, 0.4) is 0 Å². The maximum Gasteiger partial charge on any atom is 0.511 e. The summed E-state index contributed by atoms with van der Waals surface area (Å²) in [7, 11) is -10.2. The third kappa shape index (κ3) is 10.3. The lowest BCUT2D eigenvalue weighted by molar-refractivity contribution is -0.384. The fourth-order valence-electron chi connectivity index (χ4n) is 3.06. The van der Waals surface area contributed by atoms with E-state index in [2.05, 4.69) is 4.72 Å². The molecule has 0 bridgehead atoms. The second-order valence-corrected chi connectivity index (χ2v) is 12.4. The minimum absolute atomic E-state index is 0.392. The van der Waals surface area contributed by atoms with E-state index in [0.717, 1.165) is 24.3 Å². The topological polar surface area (TPSA) is 139 Å². The van der Waals surface area contributed by atoms with Gasteiger partial charge in [0.2, 0.25) is 10.0 Å². The quantitative estimate of drug-likeness (QED) is 0.206. The standard InChI is InChI=1S/C19H28F6N4O6S2/c1-12(2)16(26-36(32,33)15-7-5-14(6-8-15)29(30)31)9-28(11-18(20,21)22)10-17(13(3)4)27-37(34,35)19(23,24)25/h5-8,12-13,16-17,26-27H,9-11H2,1-4H3/t16-,17-/m1/s1. The van der Waals surface area contributed by atoms with Crippen LogP contribution in [0.5, 0.6) is 0 Å². The first-order valence-corrected chi connectivity index (χ1v) is 13.7. The summed E-state index contributed by atoms with van der Waals surface area (Å²) < 4.78 is 131. The van der Waals surface area contributed by atoms with Crippen molar-refractivity contribution in [2.24, 2.45) is 11.8 Å². The summed E-state index contributed by atoms with van der Waals surface area (Å²) in [6.07, 6.45) is -4.84. The number of sulfonamides is 2. The molecule has 10 nitrogen and oxygen atoms in total. The van der Waals surface area contributed by atoms with Gasteiger partial charge in [-0.25, -0.2) is 26.3 Å². The summed E-state index contributed by atoms with van der Waals surface area (Å²) in [5, 5.41) is 10.8. The van der Waals surface area contributed by atoms with Crippen LogP contribution in [0.25, 0.3) is 0 Å². The molecule has 0 aromatic heterocycles. The number of non-ortho nitro benzene ring substituents is 1. The van der Waals surface area contributed by atoms with Gasteiger partial charge in [0.25, 0.3) is 5.69 Å². The molecule has 0 fully saturated rings. The summed E-state index contributed by atoms with van der Waals surface area (Å²) in [5.74, 6) is -1.48. The van der Waals surface area contributed by atoms with Crippen LogP contribution in [0.1, 0.15) is 27.7 Å². The van der Waals surface area contributed by atoms with Crippen molar-refractivity contribution in [3.63, 3.8) is 0 Å². The highest BCUT2D eigenvalue weighted by molar-refractivity contribution is 7.90. The van der Waals surface area contributed by atoms with E-state index in [4.69, 9.17) is 0 Å². The molecule has 0 saturated carbocycles. The van der Waals surface area contributed by atoms with E-state index in [0.29, 0.717) is 4.90 Å². The second-order valence-electron chi connectivity index (χ2n) is 8.95. The third-order valence-electron chi connectivity index (χ3n) is 5.20. The molecule has 0 heterocycles. The Morgan fingerprint density at radius 2 is 1.30 bits per heavy atom. The number of alkyl halides is 6.